The summed E-state index contributed by atoms with van der Waals surface area (Å²) in [5.74, 6) is 0.299. The van der Waals surface area contributed by atoms with Crippen molar-refractivity contribution in [3.63, 3.8) is 0 Å². The maximum Gasteiger partial charge on any atom is 0.255 e. The molecular formula is C30H26FNO2. The zero-order valence-corrected chi connectivity index (χ0v) is 19.1. The predicted octanol–water partition coefficient (Wildman–Crippen LogP) is 6.31. The Morgan fingerprint density at radius 1 is 0.824 bits per heavy atom. The molecule has 0 unspecified atom stereocenters. The molecule has 5 rings (SSSR count). The number of hydrogen-bond acceptors (Lipinski definition) is 2. The Balaban J connectivity index is 1.56. The number of nitrogens with zero attached hydrogens (tertiary/aromatic N) is 1. The Morgan fingerprint density at radius 3 is 2.12 bits per heavy atom. The van der Waals surface area contributed by atoms with Gasteiger partial charge in [-0.1, -0.05) is 78.9 Å². The van der Waals surface area contributed by atoms with Crippen molar-refractivity contribution in [1.82, 2.24) is 4.90 Å². The van der Waals surface area contributed by atoms with Gasteiger partial charge in [0.25, 0.3) is 5.91 Å². The van der Waals surface area contributed by atoms with E-state index in [1.807, 2.05) is 59.5 Å². The number of carbonyl (C=O) groups is 1. The van der Waals surface area contributed by atoms with Crippen molar-refractivity contribution >= 4 is 5.91 Å². The van der Waals surface area contributed by atoms with E-state index in [2.05, 4.69) is 12.1 Å². The highest BCUT2D eigenvalue weighted by molar-refractivity contribution is 6.01. The fourth-order valence-corrected chi connectivity index (χ4v) is 4.88. The Kier molecular flexibility index (Phi) is 6.13. The van der Waals surface area contributed by atoms with Gasteiger partial charge in [0, 0.05) is 29.3 Å². The molecule has 0 N–H and O–H groups in total. The van der Waals surface area contributed by atoms with Crippen molar-refractivity contribution < 1.29 is 13.9 Å². The van der Waals surface area contributed by atoms with E-state index in [4.69, 9.17) is 4.74 Å². The van der Waals surface area contributed by atoms with E-state index < -0.39 is 0 Å². The van der Waals surface area contributed by atoms with Gasteiger partial charge in [-0.25, -0.2) is 4.39 Å². The summed E-state index contributed by atoms with van der Waals surface area (Å²) in [6.45, 7) is 0.410. The molecule has 1 aliphatic rings. The van der Waals surface area contributed by atoms with Gasteiger partial charge < -0.3 is 9.64 Å². The fraction of sp³-hybridized carbons (Fsp3) is 0.167. The molecule has 170 valence electrons. The summed E-state index contributed by atoms with van der Waals surface area (Å²) in [5, 5.41) is 0. The van der Waals surface area contributed by atoms with Crippen molar-refractivity contribution in [1.29, 1.82) is 0 Å². The average molecular weight is 452 g/mol. The lowest BCUT2D eigenvalue weighted by Gasteiger charge is -2.30. The van der Waals surface area contributed by atoms with Crippen molar-refractivity contribution in [2.24, 2.45) is 0 Å². The zero-order valence-electron chi connectivity index (χ0n) is 19.1. The van der Waals surface area contributed by atoms with Gasteiger partial charge in [0.1, 0.15) is 11.6 Å². The first-order valence-electron chi connectivity index (χ1n) is 11.5. The molecule has 0 bridgehead atoms. The summed E-state index contributed by atoms with van der Waals surface area (Å²) in [7, 11) is 1.64. The molecule has 3 nitrogen and oxygen atoms in total. The lowest BCUT2D eigenvalue weighted by Crippen LogP contribution is -2.40. The van der Waals surface area contributed by atoms with Gasteiger partial charge in [-0.05, 0) is 47.7 Å². The van der Waals surface area contributed by atoms with Crippen LogP contribution >= 0.6 is 0 Å². The van der Waals surface area contributed by atoms with E-state index >= 15 is 0 Å². The summed E-state index contributed by atoms with van der Waals surface area (Å²) in [6, 6.07) is 30.0. The minimum absolute atomic E-state index is 0.00323. The second-order valence-corrected chi connectivity index (χ2v) is 8.60. The number of halogens is 1. The van der Waals surface area contributed by atoms with Gasteiger partial charge in [0.05, 0.1) is 7.11 Å². The SMILES string of the molecule is COc1ccccc1CN(C(=O)c1ccccc1-c1ccccc1F)C1Cc2ccccc2C1. The van der Waals surface area contributed by atoms with Crippen LogP contribution in [0.15, 0.2) is 97.1 Å². The van der Waals surface area contributed by atoms with Crippen LogP contribution in [0.5, 0.6) is 5.75 Å². The van der Waals surface area contributed by atoms with Crippen LogP contribution in [0.25, 0.3) is 11.1 Å². The quantitative estimate of drug-likeness (QED) is 0.344. The summed E-state index contributed by atoms with van der Waals surface area (Å²) in [4.78, 5) is 16.1. The van der Waals surface area contributed by atoms with Crippen LogP contribution in [0.4, 0.5) is 4.39 Å². The summed E-state index contributed by atoms with van der Waals surface area (Å²) in [6.07, 6.45) is 1.58. The average Bonchev–Trinajstić information content (AvgIpc) is 3.31. The maximum atomic E-state index is 14.7. The number of methoxy groups -OCH3 is 1. The van der Waals surface area contributed by atoms with Crippen molar-refractivity contribution in [2.75, 3.05) is 7.11 Å². The Labute approximate surface area is 199 Å². The van der Waals surface area contributed by atoms with Crippen molar-refractivity contribution in [2.45, 2.75) is 25.4 Å². The van der Waals surface area contributed by atoms with Crippen molar-refractivity contribution in [3.8, 4) is 16.9 Å². The van der Waals surface area contributed by atoms with Gasteiger partial charge in [-0.3, -0.25) is 4.79 Å². The topological polar surface area (TPSA) is 29.5 Å². The Hall–Kier alpha value is -3.92. The first kappa shape index (κ1) is 21.9. The molecular weight excluding hydrogens is 425 g/mol. The molecule has 0 spiro atoms. The van der Waals surface area contributed by atoms with Gasteiger partial charge in [-0.15, -0.1) is 0 Å². The molecule has 4 heteroatoms. The van der Waals surface area contributed by atoms with Crippen LogP contribution in [0.1, 0.15) is 27.0 Å². The molecule has 0 aromatic heterocycles. The van der Waals surface area contributed by atoms with E-state index in [9.17, 15) is 9.18 Å². The molecule has 4 aromatic carbocycles. The summed E-state index contributed by atoms with van der Waals surface area (Å²) < 4.78 is 20.3. The van der Waals surface area contributed by atoms with Crippen LogP contribution in [0.2, 0.25) is 0 Å². The number of carbonyl (C=O) groups excluding carboxylic acids is 1. The highest BCUT2D eigenvalue weighted by atomic mass is 19.1. The second kappa shape index (κ2) is 9.52. The number of hydrogen-bond donors (Lipinski definition) is 0. The number of rotatable bonds is 6. The normalized spacial score (nSPS) is 12.9. The highest BCUT2D eigenvalue weighted by Crippen LogP contribution is 2.32. The number of para-hydroxylation sites is 1. The van der Waals surface area contributed by atoms with Crippen molar-refractivity contribution in [3.05, 3.63) is 125 Å². The molecule has 0 radical (unpaired) electrons. The fourth-order valence-electron chi connectivity index (χ4n) is 4.88. The van der Waals surface area contributed by atoms with Crippen LogP contribution < -0.4 is 4.74 Å². The molecule has 0 aliphatic heterocycles. The minimum Gasteiger partial charge on any atom is -0.496 e. The largest absolute Gasteiger partial charge is 0.496 e. The highest BCUT2D eigenvalue weighted by Gasteiger charge is 2.32. The molecule has 34 heavy (non-hydrogen) atoms. The smallest absolute Gasteiger partial charge is 0.255 e. The Bertz CT molecular complexity index is 1310. The van der Waals surface area contributed by atoms with E-state index in [0.717, 1.165) is 24.2 Å². The summed E-state index contributed by atoms with van der Waals surface area (Å²) in [5.41, 5.74) is 5.01. The molecule has 1 amide bonds. The third kappa shape index (κ3) is 4.19. The van der Waals surface area contributed by atoms with E-state index in [1.54, 1.807) is 31.4 Å². The van der Waals surface area contributed by atoms with E-state index in [1.165, 1.54) is 17.2 Å². The van der Waals surface area contributed by atoms with Crippen LogP contribution in [-0.2, 0) is 19.4 Å². The molecule has 0 heterocycles. The lowest BCUT2D eigenvalue weighted by molar-refractivity contribution is 0.0667. The monoisotopic (exact) mass is 451 g/mol. The number of benzene rings is 4. The molecule has 4 aromatic rings. The summed E-state index contributed by atoms with van der Waals surface area (Å²) >= 11 is 0. The first-order valence-corrected chi connectivity index (χ1v) is 11.5. The predicted molar refractivity (Wildman–Crippen MR) is 132 cm³/mol. The first-order chi connectivity index (χ1) is 16.7. The van der Waals surface area contributed by atoms with Gasteiger partial charge in [0.15, 0.2) is 0 Å². The third-order valence-corrected chi connectivity index (χ3v) is 6.59. The second-order valence-electron chi connectivity index (χ2n) is 8.60. The third-order valence-electron chi connectivity index (χ3n) is 6.59. The maximum absolute atomic E-state index is 14.7. The van der Waals surface area contributed by atoms with E-state index in [0.29, 0.717) is 23.2 Å². The Morgan fingerprint density at radius 2 is 1.41 bits per heavy atom. The van der Waals surface area contributed by atoms with Crippen LogP contribution in [0, 0.1) is 5.82 Å². The zero-order chi connectivity index (χ0) is 23.5. The molecule has 1 aliphatic carbocycles. The molecule has 0 saturated heterocycles. The minimum atomic E-state index is -0.340. The molecule has 0 atom stereocenters. The number of ether oxygens (including phenoxy) is 1. The van der Waals surface area contributed by atoms with Gasteiger partial charge in [-0.2, -0.15) is 0 Å². The number of fused-ring (bicyclic) bond motifs is 1. The van der Waals surface area contributed by atoms with Crippen LogP contribution in [0.3, 0.4) is 0 Å². The standard InChI is InChI=1S/C30H26FNO2/c1-34-29-17-9-4-12-23(29)20-32(24-18-21-10-2-3-11-22(21)19-24)30(33)27-15-6-5-13-25(27)26-14-7-8-16-28(26)31/h2-17,24H,18-20H2,1H3. The van der Waals surface area contributed by atoms with Gasteiger partial charge >= 0.3 is 0 Å². The lowest BCUT2D eigenvalue weighted by atomic mass is 9.97. The number of amides is 1. The molecule has 0 saturated carbocycles. The van der Waals surface area contributed by atoms with Gasteiger partial charge in [0.2, 0.25) is 0 Å². The van der Waals surface area contributed by atoms with E-state index in [-0.39, 0.29) is 17.8 Å². The van der Waals surface area contributed by atoms with Crippen LogP contribution in [-0.4, -0.2) is 24.0 Å². The molecule has 0 fully saturated rings.